The largest absolute Gasteiger partial charge is 0.454 e. The van der Waals surface area contributed by atoms with E-state index < -0.39 is 0 Å². The smallest absolute Gasteiger partial charge is 0.258 e. The molecule has 136 valence electrons. The summed E-state index contributed by atoms with van der Waals surface area (Å²) in [7, 11) is 1.75. The molecule has 0 radical (unpaired) electrons. The maximum atomic E-state index is 13.1. The quantitative estimate of drug-likeness (QED) is 0.608. The van der Waals surface area contributed by atoms with Crippen LogP contribution in [0.4, 0.5) is 5.69 Å². The topological polar surface area (TPSA) is 57.2 Å². The van der Waals surface area contributed by atoms with E-state index in [4.69, 9.17) is 18.9 Å². The Bertz CT molecular complexity index is 1100. The van der Waals surface area contributed by atoms with Crippen molar-refractivity contribution in [2.45, 2.75) is 0 Å². The Hall–Kier alpha value is -2.93. The molecular weight excluding hydrogens is 414 g/mol. The van der Waals surface area contributed by atoms with Crippen molar-refractivity contribution >= 4 is 38.3 Å². The molecule has 3 aromatic rings. The average molecular weight is 428 g/mol. The molecule has 0 spiro atoms. The van der Waals surface area contributed by atoms with Crippen LogP contribution in [0.3, 0.4) is 0 Å². The van der Waals surface area contributed by atoms with Crippen molar-refractivity contribution in [1.82, 2.24) is 0 Å². The van der Waals surface area contributed by atoms with E-state index in [-0.39, 0.29) is 19.5 Å². The summed E-state index contributed by atoms with van der Waals surface area (Å²) in [5, 5.41) is 1.85. The first kappa shape index (κ1) is 16.3. The molecule has 0 atom stereocenters. The summed E-state index contributed by atoms with van der Waals surface area (Å²) < 4.78 is 22.5. The van der Waals surface area contributed by atoms with Gasteiger partial charge in [-0.1, -0.05) is 6.07 Å². The van der Waals surface area contributed by atoms with Crippen LogP contribution in [0.5, 0.6) is 23.0 Å². The highest BCUT2D eigenvalue weighted by atomic mass is 79.9. The van der Waals surface area contributed by atoms with Gasteiger partial charge in [0.2, 0.25) is 13.6 Å². The second-order valence-electron chi connectivity index (χ2n) is 6.25. The molecule has 0 unspecified atom stereocenters. The summed E-state index contributed by atoms with van der Waals surface area (Å²) in [5.41, 5.74) is 1.28. The van der Waals surface area contributed by atoms with Crippen LogP contribution < -0.4 is 23.8 Å². The van der Waals surface area contributed by atoms with Gasteiger partial charge in [-0.2, -0.15) is 0 Å². The van der Waals surface area contributed by atoms with Crippen LogP contribution in [0.25, 0.3) is 10.8 Å². The molecule has 1 amide bonds. The third-order valence-electron chi connectivity index (χ3n) is 4.69. The van der Waals surface area contributed by atoms with Crippen molar-refractivity contribution in [2.24, 2.45) is 0 Å². The minimum atomic E-state index is -0.154. The Kier molecular flexibility index (Phi) is 3.65. The van der Waals surface area contributed by atoms with Gasteiger partial charge in [-0.25, -0.2) is 0 Å². The van der Waals surface area contributed by atoms with Crippen LogP contribution in [-0.2, 0) is 0 Å². The first-order valence-electron chi connectivity index (χ1n) is 8.31. The van der Waals surface area contributed by atoms with Crippen LogP contribution in [-0.4, -0.2) is 26.5 Å². The van der Waals surface area contributed by atoms with Gasteiger partial charge in [0, 0.05) is 22.5 Å². The minimum Gasteiger partial charge on any atom is -0.454 e. The highest BCUT2D eigenvalue weighted by Gasteiger charge is 2.23. The second-order valence-corrected chi connectivity index (χ2v) is 7.11. The number of benzene rings is 3. The van der Waals surface area contributed by atoms with E-state index in [0.29, 0.717) is 28.6 Å². The van der Waals surface area contributed by atoms with Crippen LogP contribution in [0, 0.1) is 0 Å². The van der Waals surface area contributed by atoms with Crippen molar-refractivity contribution in [3.05, 3.63) is 52.5 Å². The number of hydrogen-bond acceptors (Lipinski definition) is 5. The van der Waals surface area contributed by atoms with Gasteiger partial charge >= 0.3 is 0 Å². The summed E-state index contributed by atoms with van der Waals surface area (Å²) in [6, 6.07) is 12.9. The molecule has 5 rings (SSSR count). The first-order chi connectivity index (χ1) is 13.1. The molecular formula is C20H14BrNO5. The Morgan fingerprint density at radius 3 is 2.33 bits per heavy atom. The average Bonchev–Trinajstić information content (AvgIpc) is 3.33. The molecule has 7 heteroatoms. The van der Waals surface area contributed by atoms with Crippen LogP contribution in [0.15, 0.2) is 46.9 Å². The van der Waals surface area contributed by atoms with Gasteiger partial charge < -0.3 is 23.8 Å². The van der Waals surface area contributed by atoms with E-state index in [9.17, 15) is 4.79 Å². The van der Waals surface area contributed by atoms with Gasteiger partial charge in [0.15, 0.2) is 23.0 Å². The monoisotopic (exact) mass is 427 g/mol. The number of ether oxygens (including phenoxy) is 4. The second kappa shape index (κ2) is 6.06. The van der Waals surface area contributed by atoms with E-state index in [1.54, 1.807) is 30.1 Å². The van der Waals surface area contributed by atoms with E-state index in [2.05, 4.69) is 15.9 Å². The fourth-order valence-electron chi connectivity index (χ4n) is 3.34. The predicted molar refractivity (Wildman–Crippen MR) is 103 cm³/mol. The molecule has 0 bridgehead atoms. The number of halogens is 1. The molecule has 2 heterocycles. The van der Waals surface area contributed by atoms with E-state index in [1.165, 1.54) is 0 Å². The first-order valence-corrected chi connectivity index (χ1v) is 9.11. The zero-order valence-corrected chi connectivity index (χ0v) is 15.9. The molecule has 0 saturated heterocycles. The molecule has 0 N–H and O–H groups in total. The van der Waals surface area contributed by atoms with Gasteiger partial charge in [0.05, 0.1) is 5.69 Å². The van der Waals surface area contributed by atoms with Gasteiger partial charge in [0.1, 0.15) is 0 Å². The van der Waals surface area contributed by atoms with Crippen molar-refractivity contribution < 1.29 is 23.7 Å². The standard InChI is InChI=1S/C20H14BrNO5/c1-22(20(23)12-3-5-15-16(7-12)25-9-24-15)19-13-8-18-17(26-10-27-18)6-11(13)2-4-14(19)21/h2-8H,9-10H2,1H3. The SMILES string of the molecule is CN(C(=O)c1ccc2c(c1)OCO2)c1c(Br)ccc2cc3c(cc12)OCO3. The van der Waals surface area contributed by atoms with Gasteiger partial charge in [0.25, 0.3) is 5.91 Å². The molecule has 0 aliphatic carbocycles. The van der Waals surface area contributed by atoms with Crippen LogP contribution in [0.1, 0.15) is 10.4 Å². The molecule has 0 aromatic heterocycles. The molecule has 3 aromatic carbocycles. The zero-order valence-electron chi connectivity index (χ0n) is 14.3. The lowest BCUT2D eigenvalue weighted by Crippen LogP contribution is -2.26. The summed E-state index contributed by atoms with van der Waals surface area (Å²) in [5.74, 6) is 2.45. The van der Waals surface area contributed by atoms with Crippen molar-refractivity contribution in [1.29, 1.82) is 0 Å². The number of carbonyl (C=O) groups excluding carboxylic acids is 1. The third-order valence-corrected chi connectivity index (χ3v) is 5.33. The molecule has 0 fully saturated rings. The summed E-state index contributed by atoms with van der Waals surface area (Å²) in [6.45, 7) is 0.374. The minimum absolute atomic E-state index is 0.154. The van der Waals surface area contributed by atoms with Gasteiger partial charge in [-0.15, -0.1) is 0 Å². The number of amides is 1. The number of fused-ring (bicyclic) bond motifs is 3. The van der Waals surface area contributed by atoms with Crippen molar-refractivity contribution in [3.8, 4) is 23.0 Å². The Labute approximate surface area is 163 Å². The zero-order chi connectivity index (χ0) is 18.5. The van der Waals surface area contributed by atoms with E-state index >= 15 is 0 Å². The van der Waals surface area contributed by atoms with Gasteiger partial charge in [-0.05, 0) is 57.7 Å². The number of anilines is 1. The summed E-state index contributed by atoms with van der Waals surface area (Å²) >= 11 is 3.58. The number of nitrogens with zero attached hydrogens (tertiary/aromatic N) is 1. The van der Waals surface area contributed by atoms with Crippen molar-refractivity contribution in [3.63, 3.8) is 0 Å². The van der Waals surface area contributed by atoms with Crippen molar-refractivity contribution in [2.75, 3.05) is 25.5 Å². The summed E-state index contributed by atoms with van der Waals surface area (Å²) in [6.07, 6.45) is 0. The maximum Gasteiger partial charge on any atom is 0.258 e. The Balaban J connectivity index is 1.60. The fourth-order valence-corrected chi connectivity index (χ4v) is 3.95. The molecule has 2 aliphatic heterocycles. The van der Waals surface area contributed by atoms with Crippen LogP contribution >= 0.6 is 15.9 Å². The molecule has 2 aliphatic rings. The number of rotatable bonds is 2. The van der Waals surface area contributed by atoms with Gasteiger partial charge in [-0.3, -0.25) is 4.79 Å². The molecule has 27 heavy (non-hydrogen) atoms. The normalized spacial score (nSPS) is 13.9. The van der Waals surface area contributed by atoms with E-state index in [1.807, 2.05) is 24.3 Å². The fraction of sp³-hybridized carbons (Fsp3) is 0.150. The lowest BCUT2D eigenvalue weighted by Gasteiger charge is -2.21. The molecule has 6 nitrogen and oxygen atoms in total. The molecule has 0 saturated carbocycles. The highest BCUT2D eigenvalue weighted by Crippen LogP contribution is 2.42. The van der Waals surface area contributed by atoms with Crippen LogP contribution in [0.2, 0.25) is 0 Å². The number of hydrogen-bond donors (Lipinski definition) is 0. The van der Waals surface area contributed by atoms with E-state index in [0.717, 1.165) is 20.9 Å². The Morgan fingerprint density at radius 1 is 0.889 bits per heavy atom. The maximum absolute atomic E-state index is 13.1. The lowest BCUT2D eigenvalue weighted by atomic mass is 10.1. The predicted octanol–water partition coefficient (Wildman–Crippen LogP) is 4.34. The summed E-state index contributed by atoms with van der Waals surface area (Å²) in [4.78, 5) is 14.7. The lowest BCUT2D eigenvalue weighted by molar-refractivity contribution is 0.0992. The highest BCUT2D eigenvalue weighted by molar-refractivity contribution is 9.10. The Morgan fingerprint density at radius 2 is 1.56 bits per heavy atom. The third kappa shape index (κ3) is 2.57. The number of carbonyl (C=O) groups is 1.